The molecule has 2 atom stereocenters. The number of ether oxygens (including phenoxy) is 1. The number of hydrogen-bond acceptors (Lipinski definition) is 2. The topological polar surface area (TPSA) is 24.5 Å². The molecule has 0 spiro atoms. The molecular formula is C19H20N2OS. The zero-order valence-corrected chi connectivity index (χ0v) is 14.2. The maximum absolute atomic E-state index is 6.43. The molecule has 118 valence electrons. The molecule has 1 saturated heterocycles. The molecule has 0 radical (unpaired) electrons. The van der Waals surface area contributed by atoms with Crippen LogP contribution in [0, 0.1) is 0 Å². The number of nitrogens with one attached hydrogen (secondary N) is 1. The first-order valence-electron chi connectivity index (χ1n) is 8.08. The van der Waals surface area contributed by atoms with Crippen LogP contribution in [0.15, 0.2) is 48.5 Å². The van der Waals surface area contributed by atoms with Crippen LogP contribution >= 0.6 is 12.2 Å². The SMILES string of the molecule is CCc1ccc2c(c1)[C@H]1C[C@@](C)(O2)N(c2ccccc2)C(=S)N1. The lowest BCUT2D eigenvalue weighted by Gasteiger charge is -2.52. The number of para-hydroxylation sites is 1. The number of thiocarbonyl (C=S) groups is 1. The van der Waals surface area contributed by atoms with Crippen LogP contribution in [0.5, 0.6) is 5.75 Å². The summed E-state index contributed by atoms with van der Waals surface area (Å²) in [5.41, 5.74) is 3.14. The fraction of sp³-hybridized carbons (Fsp3) is 0.316. The van der Waals surface area contributed by atoms with Crippen molar-refractivity contribution < 1.29 is 4.74 Å². The van der Waals surface area contributed by atoms with Crippen molar-refractivity contribution >= 4 is 23.0 Å². The molecule has 23 heavy (non-hydrogen) atoms. The Balaban J connectivity index is 1.79. The number of hydrogen-bond donors (Lipinski definition) is 1. The Bertz CT molecular complexity index is 761. The maximum atomic E-state index is 6.43. The second kappa shape index (κ2) is 5.24. The maximum Gasteiger partial charge on any atom is 0.188 e. The van der Waals surface area contributed by atoms with Gasteiger partial charge in [0.1, 0.15) is 5.75 Å². The van der Waals surface area contributed by atoms with Crippen LogP contribution < -0.4 is 15.0 Å². The molecule has 0 aromatic heterocycles. The first kappa shape index (κ1) is 14.5. The summed E-state index contributed by atoms with van der Waals surface area (Å²) in [6.45, 7) is 4.29. The molecule has 0 aliphatic carbocycles. The van der Waals surface area contributed by atoms with Gasteiger partial charge in [0, 0.05) is 17.7 Å². The van der Waals surface area contributed by atoms with Gasteiger partial charge >= 0.3 is 0 Å². The van der Waals surface area contributed by atoms with Gasteiger partial charge in [-0.2, -0.15) is 0 Å². The van der Waals surface area contributed by atoms with Gasteiger partial charge in [-0.05, 0) is 49.3 Å². The average molecular weight is 324 g/mol. The number of benzene rings is 2. The summed E-state index contributed by atoms with van der Waals surface area (Å²) in [5.74, 6) is 0.955. The van der Waals surface area contributed by atoms with Crippen LogP contribution in [0.3, 0.4) is 0 Å². The quantitative estimate of drug-likeness (QED) is 0.838. The van der Waals surface area contributed by atoms with Crippen molar-refractivity contribution in [2.75, 3.05) is 4.90 Å². The Morgan fingerprint density at radius 3 is 2.78 bits per heavy atom. The third-order valence-corrected chi connectivity index (χ3v) is 5.06. The minimum Gasteiger partial charge on any atom is -0.467 e. The molecule has 3 nitrogen and oxygen atoms in total. The van der Waals surface area contributed by atoms with Crippen molar-refractivity contribution in [3.63, 3.8) is 0 Å². The van der Waals surface area contributed by atoms with Crippen LogP contribution in [0.25, 0.3) is 0 Å². The molecule has 2 heterocycles. The van der Waals surface area contributed by atoms with Gasteiger partial charge in [0.05, 0.1) is 6.04 Å². The van der Waals surface area contributed by atoms with Crippen LogP contribution in [-0.4, -0.2) is 10.8 Å². The van der Waals surface area contributed by atoms with Crippen LogP contribution in [0.4, 0.5) is 5.69 Å². The average Bonchev–Trinajstić information content (AvgIpc) is 2.55. The Labute approximate surface area is 142 Å². The number of fused-ring (bicyclic) bond motifs is 4. The normalized spacial score (nSPS) is 25.4. The highest BCUT2D eigenvalue weighted by molar-refractivity contribution is 7.80. The van der Waals surface area contributed by atoms with Gasteiger partial charge in [-0.25, -0.2) is 0 Å². The van der Waals surface area contributed by atoms with Gasteiger partial charge in [0.25, 0.3) is 0 Å². The van der Waals surface area contributed by atoms with E-state index < -0.39 is 5.72 Å². The molecule has 2 aliphatic rings. The molecule has 2 aromatic rings. The van der Waals surface area contributed by atoms with E-state index in [2.05, 4.69) is 54.4 Å². The van der Waals surface area contributed by atoms with Crippen molar-refractivity contribution in [3.8, 4) is 5.75 Å². The highest BCUT2D eigenvalue weighted by atomic mass is 32.1. The first-order valence-corrected chi connectivity index (χ1v) is 8.49. The second-order valence-corrected chi connectivity index (χ2v) is 6.77. The van der Waals surface area contributed by atoms with Crippen LogP contribution in [0.1, 0.15) is 37.4 Å². The van der Waals surface area contributed by atoms with Crippen LogP contribution in [-0.2, 0) is 6.42 Å². The molecule has 0 amide bonds. The third kappa shape index (κ3) is 2.29. The minimum atomic E-state index is -0.463. The van der Waals surface area contributed by atoms with E-state index >= 15 is 0 Å². The second-order valence-electron chi connectivity index (χ2n) is 6.38. The van der Waals surface area contributed by atoms with Gasteiger partial charge in [-0.15, -0.1) is 0 Å². The molecule has 2 aliphatic heterocycles. The van der Waals surface area contributed by atoms with E-state index in [1.807, 2.05) is 18.2 Å². The van der Waals surface area contributed by atoms with Crippen molar-refractivity contribution in [1.29, 1.82) is 0 Å². The fourth-order valence-electron chi connectivity index (χ4n) is 3.61. The predicted octanol–water partition coefficient (Wildman–Crippen LogP) is 4.18. The predicted molar refractivity (Wildman–Crippen MR) is 96.9 cm³/mol. The molecule has 2 bridgehead atoms. The number of nitrogens with zero attached hydrogens (tertiary/aromatic N) is 1. The highest BCUT2D eigenvalue weighted by Gasteiger charge is 2.48. The van der Waals surface area contributed by atoms with Crippen LogP contribution in [0.2, 0.25) is 0 Å². The molecule has 4 rings (SSSR count). The lowest BCUT2D eigenvalue weighted by Crippen LogP contribution is -2.65. The molecular weight excluding hydrogens is 304 g/mol. The summed E-state index contributed by atoms with van der Waals surface area (Å²) >= 11 is 5.66. The fourth-order valence-corrected chi connectivity index (χ4v) is 4.05. The third-order valence-electron chi connectivity index (χ3n) is 4.76. The van der Waals surface area contributed by atoms with E-state index in [1.165, 1.54) is 11.1 Å². The zero-order valence-electron chi connectivity index (χ0n) is 13.4. The van der Waals surface area contributed by atoms with Crippen molar-refractivity contribution in [3.05, 3.63) is 59.7 Å². The highest BCUT2D eigenvalue weighted by Crippen LogP contribution is 2.45. The molecule has 0 unspecified atom stereocenters. The van der Waals surface area contributed by atoms with E-state index in [0.29, 0.717) is 0 Å². The molecule has 4 heteroatoms. The summed E-state index contributed by atoms with van der Waals surface area (Å²) in [4.78, 5) is 2.09. The largest absolute Gasteiger partial charge is 0.467 e. The smallest absolute Gasteiger partial charge is 0.188 e. The molecule has 1 fully saturated rings. The Hall–Kier alpha value is -2.07. The summed E-state index contributed by atoms with van der Waals surface area (Å²) in [6.07, 6.45) is 1.89. The van der Waals surface area contributed by atoms with E-state index in [0.717, 1.165) is 29.4 Å². The van der Waals surface area contributed by atoms with E-state index in [-0.39, 0.29) is 6.04 Å². The number of aryl methyl sites for hydroxylation is 1. The first-order chi connectivity index (χ1) is 11.1. The van der Waals surface area contributed by atoms with Gasteiger partial charge < -0.3 is 10.1 Å². The van der Waals surface area contributed by atoms with Crippen molar-refractivity contribution in [2.24, 2.45) is 0 Å². The Morgan fingerprint density at radius 1 is 1.26 bits per heavy atom. The number of rotatable bonds is 2. The van der Waals surface area contributed by atoms with Gasteiger partial charge in [-0.3, -0.25) is 4.90 Å². The van der Waals surface area contributed by atoms with Gasteiger partial charge in [-0.1, -0.05) is 37.3 Å². The summed E-state index contributed by atoms with van der Waals surface area (Å²) in [5, 5.41) is 4.23. The van der Waals surface area contributed by atoms with Crippen molar-refractivity contribution in [1.82, 2.24) is 5.32 Å². The number of anilines is 1. The Morgan fingerprint density at radius 2 is 2.04 bits per heavy atom. The minimum absolute atomic E-state index is 0.211. The molecule has 2 aromatic carbocycles. The summed E-state index contributed by atoms with van der Waals surface area (Å²) < 4.78 is 6.43. The Kier molecular flexibility index (Phi) is 3.31. The molecule has 1 N–H and O–H groups in total. The summed E-state index contributed by atoms with van der Waals surface area (Å²) in [6, 6.07) is 16.9. The van der Waals surface area contributed by atoms with Gasteiger partial charge in [0.2, 0.25) is 0 Å². The standard InChI is InChI=1S/C19H20N2OS/c1-3-13-9-10-17-15(11-13)16-12-19(2,22-17)21(18(23)20-16)14-7-5-4-6-8-14/h4-11,16H,3,12H2,1-2H3,(H,20,23)/t16-,19-/m1/s1. The van der Waals surface area contributed by atoms with E-state index in [4.69, 9.17) is 17.0 Å². The lowest BCUT2D eigenvalue weighted by molar-refractivity contribution is 0.0497. The van der Waals surface area contributed by atoms with Crippen molar-refractivity contribution in [2.45, 2.75) is 38.5 Å². The van der Waals surface area contributed by atoms with Gasteiger partial charge in [0.15, 0.2) is 10.8 Å². The van der Waals surface area contributed by atoms with E-state index in [1.54, 1.807) is 0 Å². The monoisotopic (exact) mass is 324 g/mol. The molecule has 0 saturated carbocycles. The summed E-state index contributed by atoms with van der Waals surface area (Å²) in [7, 11) is 0. The lowest BCUT2D eigenvalue weighted by atomic mass is 9.89. The van der Waals surface area contributed by atoms with E-state index in [9.17, 15) is 0 Å². The zero-order chi connectivity index (χ0) is 16.0.